The summed E-state index contributed by atoms with van der Waals surface area (Å²) in [5, 5.41) is 0. The van der Waals surface area contributed by atoms with Crippen LogP contribution >= 0.6 is 0 Å². The van der Waals surface area contributed by atoms with E-state index in [1.165, 1.54) is 10.4 Å². The first-order valence-electron chi connectivity index (χ1n) is 6.82. The van der Waals surface area contributed by atoms with E-state index in [0.717, 1.165) is 11.1 Å². The number of hydrogen-bond acceptors (Lipinski definition) is 3. The molecule has 0 amide bonds. The van der Waals surface area contributed by atoms with Crippen molar-refractivity contribution in [1.29, 1.82) is 0 Å². The van der Waals surface area contributed by atoms with Crippen LogP contribution in [0.25, 0.3) is 0 Å². The minimum absolute atomic E-state index is 0.227. The van der Waals surface area contributed by atoms with E-state index in [1.54, 1.807) is 12.1 Å². The molecule has 2 aromatic rings. The van der Waals surface area contributed by atoms with Crippen LogP contribution in [0.1, 0.15) is 18.1 Å². The lowest BCUT2D eigenvalue weighted by molar-refractivity contribution is 0.591. The molecule has 0 aliphatic heterocycles. The van der Waals surface area contributed by atoms with E-state index in [9.17, 15) is 8.42 Å². The van der Waals surface area contributed by atoms with Crippen LogP contribution in [0.15, 0.2) is 47.4 Å². The SMILES string of the molecule is CCN(c1ccccc1C)S(=O)(=O)c1cc(C)cc(N)c1. The van der Waals surface area contributed by atoms with Gasteiger partial charge in [-0.2, -0.15) is 0 Å². The zero-order valence-corrected chi connectivity index (χ0v) is 13.3. The van der Waals surface area contributed by atoms with Gasteiger partial charge in [-0.05, 0) is 56.2 Å². The highest BCUT2D eigenvalue weighted by Crippen LogP contribution is 2.27. The Morgan fingerprint density at radius 1 is 1.10 bits per heavy atom. The maximum atomic E-state index is 12.9. The van der Waals surface area contributed by atoms with Gasteiger partial charge >= 0.3 is 0 Å². The molecule has 5 heteroatoms. The Balaban J connectivity index is 2.58. The lowest BCUT2D eigenvalue weighted by Gasteiger charge is -2.24. The second kappa shape index (κ2) is 5.77. The predicted molar refractivity (Wildman–Crippen MR) is 87.0 cm³/mol. The lowest BCUT2D eigenvalue weighted by Crippen LogP contribution is -2.31. The number of sulfonamides is 1. The molecule has 2 aromatic carbocycles. The van der Waals surface area contributed by atoms with Gasteiger partial charge < -0.3 is 5.73 Å². The number of nitrogen functional groups attached to an aromatic ring is 1. The molecule has 112 valence electrons. The molecular formula is C16H20N2O2S. The molecule has 0 fully saturated rings. The monoisotopic (exact) mass is 304 g/mol. The highest BCUT2D eigenvalue weighted by atomic mass is 32.2. The van der Waals surface area contributed by atoms with E-state index in [-0.39, 0.29) is 4.90 Å². The van der Waals surface area contributed by atoms with Crippen molar-refractivity contribution in [1.82, 2.24) is 0 Å². The second-order valence-corrected chi connectivity index (χ2v) is 6.90. The zero-order valence-electron chi connectivity index (χ0n) is 12.5. The van der Waals surface area contributed by atoms with Gasteiger partial charge in [0.1, 0.15) is 0 Å². The molecule has 2 N–H and O–H groups in total. The van der Waals surface area contributed by atoms with Gasteiger partial charge in [0.25, 0.3) is 10.0 Å². The van der Waals surface area contributed by atoms with Gasteiger partial charge in [0, 0.05) is 12.2 Å². The smallest absolute Gasteiger partial charge is 0.264 e. The Kier molecular flexibility index (Phi) is 4.23. The fourth-order valence-electron chi connectivity index (χ4n) is 2.37. The maximum Gasteiger partial charge on any atom is 0.264 e. The van der Waals surface area contributed by atoms with Crippen LogP contribution < -0.4 is 10.0 Å². The molecule has 0 aliphatic carbocycles. The van der Waals surface area contributed by atoms with Crippen LogP contribution in [-0.4, -0.2) is 15.0 Å². The van der Waals surface area contributed by atoms with Gasteiger partial charge in [-0.3, -0.25) is 4.31 Å². The normalized spacial score (nSPS) is 11.4. The molecule has 0 atom stereocenters. The number of rotatable bonds is 4. The van der Waals surface area contributed by atoms with E-state index in [2.05, 4.69) is 0 Å². The van der Waals surface area contributed by atoms with Gasteiger partial charge in [-0.1, -0.05) is 18.2 Å². The first-order valence-corrected chi connectivity index (χ1v) is 8.26. The average Bonchev–Trinajstić information content (AvgIpc) is 2.40. The number of anilines is 2. The third-order valence-corrected chi connectivity index (χ3v) is 5.20. The molecule has 2 rings (SSSR count). The predicted octanol–water partition coefficient (Wildman–Crippen LogP) is 3.10. The lowest BCUT2D eigenvalue weighted by atomic mass is 10.2. The first kappa shape index (κ1) is 15.4. The summed E-state index contributed by atoms with van der Waals surface area (Å²) >= 11 is 0. The summed E-state index contributed by atoms with van der Waals surface area (Å²) in [6.45, 7) is 5.92. The molecule has 0 radical (unpaired) electrons. The molecule has 0 saturated heterocycles. The third-order valence-electron chi connectivity index (χ3n) is 3.33. The summed E-state index contributed by atoms with van der Waals surface area (Å²) in [5.41, 5.74) is 8.68. The van der Waals surface area contributed by atoms with Crippen molar-refractivity contribution in [3.8, 4) is 0 Å². The molecule has 0 heterocycles. The summed E-state index contributed by atoms with van der Waals surface area (Å²) in [7, 11) is -3.62. The second-order valence-electron chi connectivity index (χ2n) is 5.04. The standard InChI is InChI=1S/C16H20N2O2S/c1-4-18(16-8-6-5-7-13(16)3)21(19,20)15-10-12(2)9-14(17)11-15/h5-11H,4,17H2,1-3H3. The maximum absolute atomic E-state index is 12.9. The zero-order chi connectivity index (χ0) is 15.6. The van der Waals surface area contributed by atoms with Crippen molar-refractivity contribution in [3.63, 3.8) is 0 Å². The Morgan fingerprint density at radius 3 is 2.33 bits per heavy atom. The number of aryl methyl sites for hydroxylation is 2. The van der Waals surface area contributed by atoms with Gasteiger partial charge in [0.05, 0.1) is 10.6 Å². The van der Waals surface area contributed by atoms with Gasteiger partial charge in [-0.15, -0.1) is 0 Å². The Labute approximate surface area is 126 Å². The van der Waals surface area contributed by atoms with Gasteiger partial charge in [0.15, 0.2) is 0 Å². The van der Waals surface area contributed by atoms with Crippen molar-refractivity contribution in [2.45, 2.75) is 25.7 Å². The van der Waals surface area contributed by atoms with E-state index in [0.29, 0.717) is 17.9 Å². The molecule has 4 nitrogen and oxygen atoms in total. The van der Waals surface area contributed by atoms with Crippen LogP contribution in [0.3, 0.4) is 0 Å². The number of para-hydroxylation sites is 1. The summed E-state index contributed by atoms with van der Waals surface area (Å²) in [6, 6.07) is 12.3. The Bertz CT molecular complexity index is 734. The minimum Gasteiger partial charge on any atom is -0.399 e. The molecule has 0 spiro atoms. The Morgan fingerprint density at radius 2 is 1.76 bits per heavy atom. The van der Waals surface area contributed by atoms with Crippen LogP contribution in [0.5, 0.6) is 0 Å². The van der Waals surface area contributed by atoms with Crippen LogP contribution in [-0.2, 0) is 10.0 Å². The molecule has 0 unspecified atom stereocenters. The van der Waals surface area contributed by atoms with Crippen LogP contribution in [0.2, 0.25) is 0 Å². The van der Waals surface area contributed by atoms with Crippen molar-refractivity contribution in [2.24, 2.45) is 0 Å². The van der Waals surface area contributed by atoms with Crippen molar-refractivity contribution < 1.29 is 8.42 Å². The molecule has 0 bridgehead atoms. The fraction of sp³-hybridized carbons (Fsp3) is 0.250. The third kappa shape index (κ3) is 3.03. The number of nitrogens with zero attached hydrogens (tertiary/aromatic N) is 1. The fourth-order valence-corrected chi connectivity index (χ4v) is 4.04. The Hall–Kier alpha value is -2.01. The molecule has 0 saturated carbocycles. The summed E-state index contributed by atoms with van der Waals surface area (Å²) in [4.78, 5) is 0.227. The van der Waals surface area contributed by atoms with Crippen molar-refractivity contribution in [2.75, 3.05) is 16.6 Å². The number of hydrogen-bond donors (Lipinski definition) is 1. The molecule has 0 aromatic heterocycles. The quantitative estimate of drug-likeness (QED) is 0.883. The molecule has 0 aliphatic rings. The topological polar surface area (TPSA) is 63.4 Å². The first-order chi connectivity index (χ1) is 9.86. The summed E-state index contributed by atoms with van der Waals surface area (Å²) in [6.07, 6.45) is 0. The van der Waals surface area contributed by atoms with E-state index < -0.39 is 10.0 Å². The van der Waals surface area contributed by atoms with E-state index >= 15 is 0 Å². The highest BCUT2D eigenvalue weighted by Gasteiger charge is 2.25. The van der Waals surface area contributed by atoms with Crippen molar-refractivity contribution in [3.05, 3.63) is 53.6 Å². The van der Waals surface area contributed by atoms with Crippen LogP contribution in [0, 0.1) is 13.8 Å². The molecular weight excluding hydrogens is 284 g/mol. The van der Waals surface area contributed by atoms with Crippen molar-refractivity contribution >= 4 is 21.4 Å². The molecule has 21 heavy (non-hydrogen) atoms. The van der Waals surface area contributed by atoms with Gasteiger partial charge in [0.2, 0.25) is 0 Å². The van der Waals surface area contributed by atoms with E-state index in [4.69, 9.17) is 5.73 Å². The average molecular weight is 304 g/mol. The number of nitrogens with two attached hydrogens (primary N) is 1. The van der Waals surface area contributed by atoms with Crippen LogP contribution in [0.4, 0.5) is 11.4 Å². The largest absolute Gasteiger partial charge is 0.399 e. The highest BCUT2D eigenvalue weighted by molar-refractivity contribution is 7.92. The summed E-state index contributed by atoms with van der Waals surface area (Å²) < 4.78 is 27.2. The summed E-state index contributed by atoms with van der Waals surface area (Å²) in [5.74, 6) is 0. The minimum atomic E-state index is -3.62. The number of benzene rings is 2. The van der Waals surface area contributed by atoms with E-state index in [1.807, 2.05) is 45.0 Å². The van der Waals surface area contributed by atoms with Gasteiger partial charge in [-0.25, -0.2) is 8.42 Å².